The zero-order valence-corrected chi connectivity index (χ0v) is 14.0. The molecule has 1 aliphatic rings. The normalized spacial score (nSPS) is 16.4. The van der Waals surface area contributed by atoms with Gasteiger partial charge in [-0.05, 0) is 56.6 Å². The highest BCUT2D eigenvalue weighted by Crippen LogP contribution is 2.24. The topological polar surface area (TPSA) is 37.3 Å². The number of carbonyl (C=O) groups excluding carboxylic acids is 1. The molecule has 122 valence electrons. The van der Waals surface area contributed by atoms with E-state index in [4.69, 9.17) is 0 Å². The number of carbonyl (C=O) groups is 1. The Labute approximate surface area is 138 Å². The molecule has 3 rings (SSSR count). The van der Waals surface area contributed by atoms with E-state index in [2.05, 4.69) is 40.2 Å². The van der Waals surface area contributed by atoms with Gasteiger partial charge in [-0.25, -0.2) is 0 Å². The minimum absolute atomic E-state index is 0.0153. The van der Waals surface area contributed by atoms with E-state index in [0.717, 1.165) is 24.2 Å². The molecular formula is C19H25N3O. The van der Waals surface area contributed by atoms with Crippen molar-refractivity contribution in [1.82, 2.24) is 14.8 Å². The van der Waals surface area contributed by atoms with Crippen molar-refractivity contribution in [3.63, 3.8) is 0 Å². The van der Waals surface area contributed by atoms with Gasteiger partial charge in [-0.1, -0.05) is 18.2 Å². The molecule has 0 bridgehead atoms. The highest BCUT2D eigenvalue weighted by atomic mass is 16.1. The molecule has 1 aromatic heterocycles. The van der Waals surface area contributed by atoms with E-state index in [-0.39, 0.29) is 11.9 Å². The summed E-state index contributed by atoms with van der Waals surface area (Å²) in [5, 5.41) is 3.14. The van der Waals surface area contributed by atoms with Crippen molar-refractivity contribution >= 4 is 5.91 Å². The molecule has 0 saturated carbocycles. The van der Waals surface area contributed by atoms with Crippen LogP contribution >= 0.6 is 0 Å². The lowest BCUT2D eigenvalue weighted by atomic mass is 10.1. The van der Waals surface area contributed by atoms with Crippen LogP contribution in [0.1, 0.15) is 40.5 Å². The van der Waals surface area contributed by atoms with Gasteiger partial charge in [0.15, 0.2) is 0 Å². The van der Waals surface area contributed by atoms with Crippen LogP contribution < -0.4 is 5.32 Å². The first kappa shape index (κ1) is 15.8. The van der Waals surface area contributed by atoms with Crippen molar-refractivity contribution in [2.45, 2.75) is 25.8 Å². The fourth-order valence-corrected chi connectivity index (χ4v) is 3.41. The van der Waals surface area contributed by atoms with E-state index in [1.54, 1.807) is 0 Å². The Morgan fingerprint density at radius 2 is 1.91 bits per heavy atom. The van der Waals surface area contributed by atoms with Crippen LogP contribution in [0.5, 0.6) is 0 Å². The fraction of sp³-hybridized carbons (Fsp3) is 0.421. The number of likely N-dealkylation sites (tertiary alicyclic amines) is 1. The lowest BCUT2D eigenvalue weighted by molar-refractivity contribution is 0.0936. The second kappa shape index (κ2) is 7.01. The third-order valence-electron chi connectivity index (χ3n) is 4.75. The predicted octanol–water partition coefficient (Wildman–Crippen LogP) is 2.90. The van der Waals surface area contributed by atoms with Crippen LogP contribution in [0, 0.1) is 6.92 Å². The molecule has 0 radical (unpaired) electrons. The Morgan fingerprint density at radius 3 is 2.57 bits per heavy atom. The van der Waals surface area contributed by atoms with Crippen LogP contribution in [0.25, 0.3) is 0 Å². The van der Waals surface area contributed by atoms with Crippen molar-refractivity contribution in [2.24, 2.45) is 7.05 Å². The second-order valence-corrected chi connectivity index (χ2v) is 6.33. The zero-order valence-electron chi connectivity index (χ0n) is 14.0. The van der Waals surface area contributed by atoms with Crippen molar-refractivity contribution in [1.29, 1.82) is 0 Å². The first-order chi connectivity index (χ1) is 11.2. The molecule has 1 aliphatic heterocycles. The van der Waals surface area contributed by atoms with Gasteiger partial charge in [0.2, 0.25) is 0 Å². The SMILES string of the molecule is Cc1ccccc1C(=O)NCC(c1cccn1C)N1CCCC1. The van der Waals surface area contributed by atoms with E-state index >= 15 is 0 Å². The van der Waals surface area contributed by atoms with Gasteiger partial charge < -0.3 is 9.88 Å². The lowest BCUT2D eigenvalue weighted by Crippen LogP contribution is -2.37. The van der Waals surface area contributed by atoms with Crippen LogP contribution in [0.3, 0.4) is 0 Å². The van der Waals surface area contributed by atoms with Crippen molar-refractivity contribution in [3.8, 4) is 0 Å². The Morgan fingerprint density at radius 1 is 1.17 bits per heavy atom. The smallest absolute Gasteiger partial charge is 0.251 e. The highest BCUT2D eigenvalue weighted by Gasteiger charge is 2.25. The Balaban J connectivity index is 1.73. The maximum absolute atomic E-state index is 12.5. The number of amides is 1. The summed E-state index contributed by atoms with van der Waals surface area (Å²) < 4.78 is 2.16. The lowest BCUT2D eigenvalue weighted by Gasteiger charge is -2.28. The number of nitrogens with one attached hydrogen (secondary N) is 1. The van der Waals surface area contributed by atoms with Gasteiger partial charge in [-0.3, -0.25) is 9.69 Å². The summed E-state index contributed by atoms with van der Waals surface area (Å²) in [4.78, 5) is 15.0. The quantitative estimate of drug-likeness (QED) is 0.922. The monoisotopic (exact) mass is 311 g/mol. The number of hydrogen-bond donors (Lipinski definition) is 1. The minimum atomic E-state index is 0.0153. The largest absolute Gasteiger partial charge is 0.353 e. The summed E-state index contributed by atoms with van der Waals surface area (Å²) in [5.74, 6) is 0.0153. The Bertz CT molecular complexity index is 671. The second-order valence-electron chi connectivity index (χ2n) is 6.33. The van der Waals surface area contributed by atoms with Gasteiger partial charge >= 0.3 is 0 Å². The third-order valence-corrected chi connectivity index (χ3v) is 4.75. The van der Waals surface area contributed by atoms with Gasteiger partial charge in [0.05, 0.1) is 6.04 Å². The number of hydrogen-bond acceptors (Lipinski definition) is 2. The molecule has 1 aromatic carbocycles. The fourth-order valence-electron chi connectivity index (χ4n) is 3.41. The third kappa shape index (κ3) is 3.48. The molecule has 2 aromatic rings. The molecular weight excluding hydrogens is 286 g/mol. The molecule has 4 heteroatoms. The molecule has 0 spiro atoms. The molecule has 1 saturated heterocycles. The van der Waals surface area contributed by atoms with E-state index < -0.39 is 0 Å². The molecule has 1 fully saturated rings. The summed E-state index contributed by atoms with van der Waals surface area (Å²) in [7, 11) is 2.07. The Hall–Kier alpha value is -2.07. The summed E-state index contributed by atoms with van der Waals surface area (Å²) in [6.45, 7) is 4.83. The van der Waals surface area contributed by atoms with E-state index in [9.17, 15) is 4.79 Å². The van der Waals surface area contributed by atoms with Crippen LogP contribution in [-0.2, 0) is 7.05 Å². The molecule has 0 aliphatic carbocycles. The molecule has 1 amide bonds. The first-order valence-electron chi connectivity index (χ1n) is 8.36. The summed E-state index contributed by atoms with van der Waals surface area (Å²) in [6.07, 6.45) is 4.56. The van der Waals surface area contributed by atoms with E-state index in [1.807, 2.05) is 31.2 Å². The number of aromatic nitrogens is 1. The predicted molar refractivity (Wildman–Crippen MR) is 92.5 cm³/mol. The van der Waals surface area contributed by atoms with E-state index in [1.165, 1.54) is 18.5 Å². The van der Waals surface area contributed by atoms with Crippen LogP contribution in [0.2, 0.25) is 0 Å². The first-order valence-corrected chi connectivity index (χ1v) is 8.36. The summed E-state index contributed by atoms with van der Waals surface area (Å²) >= 11 is 0. The number of rotatable bonds is 5. The average Bonchev–Trinajstić information content (AvgIpc) is 3.21. The summed E-state index contributed by atoms with van der Waals surface area (Å²) in [5.41, 5.74) is 3.04. The van der Waals surface area contributed by atoms with Crippen LogP contribution in [-0.4, -0.2) is 35.0 Å². The van der Waals surface area contributed by atoms with Crippen molar-refractivity contribution in [2.75, 3.05) is 19.6 Å². The van der Waals surface area contributed by atoms with Crippen molar-refractivity contribution in [3.05, 3.63) is 59.4 Å². The number of nitrogens with zero attached hydrogens (tertiary/aromatic N) is 2. The Kier molecular flexibility index (Phi) is 4.82. The van der Waals surface area contributed by atoms with E-state index in [0.29, 0.717) is 6.54 Å². The maximum Gasteiger partial charge on any atom is 0.251 e. The standard InChI is InChI=1S/C19H25N3O/c1-15-8-3-4-9-16(15)19(23)20-14-18(22-12-5-6-13-22)17-10-7-11-21(17)2/h3-4,7-11,18H,5-6,12-14H2,1-2H3,(H,20,23). The molecule has 1 N–H and O–H groups in total. The molecule has 2 heterocycles. The van der Waals surface area contributed by atoms with Crippen LogP contribution in [0.15, 0.2) is 42.6 Å². The highest BCUT2D eigenvalue weighted by molar-refractivity contribution is 5.95. The van der Waals surface area contributed by atoms with Gasteiger partial charge in [0.1, 0.15) is 0 Å². The average molecular weight is 311 g/mol. The van der Waals surface area contributed by atoms with Crippen molar-refractivity contribution < 1.29 is 4.79 Å². The van der Waals surface area contributed by atoms with Gasteiger partial charge in [-0.2, -0.15) is 0 Å². The number of aryl methyl sites for hydroxylation is 2. The van der Waals surface area contributed by atoms with Crippen LogP contribution in [0.4, 0.5) is 0 Å². The zero-order chi connectivity index (χ0) is 16.2. The summed E-state index contributed by atoms with van der Waals surface area (Å²) in [6, 6.07) is 12.2. The van der Waals surface area contributed by atoms with Gasteiger partial charge in [0, 0.05) is 31.0 Å². The molecule has 23 heavy (non-hydrogen) atoms. The molecule has 1 unspecified atom stereocenters. The minimum Gasteiger partial charge on any atom is -0.353 e. The van der Waals surface area contributed by atoms with Gasteiger partial charge in [0.25, 0.3) is 5.91 Å². The maximum atomic E-state index is 12.5. The molecule has 4 nitrogen and oxygen atoms in total. The molecule has 1 atom stereocenters. The van der Waals surface area contributed by atoms with Gasteiger partial charge in [-0.15, -0.1) is 0 Å². The number of benzene rings is 1.